The smallest absolute Gasteiger partial charge is 0.337 e. The monoisotopic (exact) mass is 446 g/mol. The van der Waals surface area contributed by atoms with E-state index in [1.807, 2.05) is 42.2 Å². The molecule has 0 unspecified atom stereocenters. The van der Waals surface area contributed by atoms with E-state index in [9.17, 15) is 27.1 Å². The molecule has 3 aromatic rings. The summed E-state index contributed by atoms with van der Waals surface area (Å²) in [5, 5.41) is 9.69. The average Bonchev–Trinajstić information content (AvgIpc) is 2.74. The van der Waals surface area contributed by atoms with Crippen molar-refractivity contribution in [1.29, 1.82) is 0 Å². The van der Waals surface area contributed by atoms with Crippen LogP contribution < -0.4 is 9.62 Å². The fraction of sp³-hybridized carbons (Fsp3) is 0.136. The Morgan fingerprint density at radius 2 is 1.71 bits per heavy atom. The van der Waals surface area contributed by atoms with Crippen molar-refractivity contribution < 1.29 is 27.1 Å². The topological polar surface area (TPSA) is 86.7 Å². The summed E-state index contributed by atoms with van der Waals surface area (Å²) >= 11 is 0. The summed E-state index contributed by atoms with van der Waals surface area (Å²) in [4.78, 5) is 13.2. The third kappa shape index (κ3) is 5.18. The summed E-state index contributed by atoms with van der Waals surface area (Å²) < 4.78 is 53.8. The molecule has 31 heavy (non-hydrogen) atoms. The number of aromatic carboxylic acids is 1. The van der Waals surface area contributed by atoms with Crippen molar-refractivity contribution in [2.24, 2.45) is 0 Å². The molecular formula is C22H20F2N2O4S. The third-order valence-corrected chi connectivity index (χ3v) is 6.00. The molecule has 0 aliphatic carbocycles. The highest BCUT2D eigenvalue weighted by atomic mass is 32.2. The zero-order chi connectivity index (χ0) is 22.6. The summed E-state index contributed by atoms with van der Waals surface area (Å²) in [6.45, 7) is 2.88. The number of rotatable bonds is 8. The van der Waals surface area contributed by atoms with Crippen LogP contribution in [0, 0.1) is 11.6 Å². The molecule has 2 N–H and O–H groups in total. The number of hydrogen-bond donors (Lipinski definition) is 2. The maximum Gasteiger partial charge on any atom is 0.337 e. The number of sulfonamides is 1. The van der Waals surface area contributed by atoms with Crippen LogP contribution in [0.4, 0.5) is 20.2 Å². The molecule has 0 spiro atoms. The zero-order valence-electron chi connectivity index (χ0n) is 16.5. The number of benzene rings is 3. The molecule has 3 rings (SSSR count). The van der Waals surface area contributed by atoms with E-state index >= 15 is 0 Å². The van der Waals surface area contributed by atoms with Crippen molar-refractivity contribution in [1.82, 2.24) is 0 Å². The molecule has 0 saturated heterocycles. The van der Waals surface area contributed by atoms with Crippen LogP contribution in [0.3, 0.4) is 0 Å². The second kappa shape index (κ2) is 9.13. The molecule has 162 valence electrons. The van der Waals surface area contributed by atoms with E-state index in [1.54, 1.807) is 0 Å². The van der Waals surface area contributed by atoms with E-state index in [2.05, 4.69) is 4.72 Å². The van der Waals surface area contributed by atoms with Gasteiger partial charge in [-0.1, -0.05) is 30.3 Å². The number of carbonyl (C=O) groups is 1. The van der Waals surface area contributed by atoms with Gasteiger partial charge in [-0.3, -0.25) is 4.72 Å². The lowest BCUT2D eigenvalue weighted by atomic mass is 10.1. The van der Waals surface area contributed by atoms with Gasteiger partial charge >= 0.3 is 5.97 Å². The van der Waals surface area contributed by atoms with Crippen molar-refractivity contribution >= 4 is 27.4 Å². The highest BCUT2D eigenvalue weighted by Crippen LogP contribution is 2.27. The molecule has 0 aliphatic heterocycles. The third-order valence-electron chi connectivity index (χ3n) is 4.62. The first-order valence-corrected chi connectivity index (χ1v) is 10.8. The Morgan fingerprint density at radius 3 is 2.32 bits per heavy atom. The molecule has 0 atom stereocenters. The Kier molecular flexibility index (Phi) is 6.55. The molecule has 9 heteroatoms. The zero-order valence-corrected chi connectivity index (χ0v) is 17.4. The van der Waals surface area contributed by atoms with E-state index in [1.165, 1.54) is 18.2 Å². The fourth-order valence-electron chi connectivity index (χ4n) is 3.08. The van der Waals surface area contributed by atoms with Gasteiger partial charge in [0.2, 0.25) is 0 Å². The predicted molar refractivity (Wildman–Crippen MR) is 114 cm³/mol. The number of anilines is 2. The molecule has 6 nitrogen and oxygen atoms in total. The van der Waals surface area contributed by atoms with Crippen molar-refractivity contribution in [3.63, 3.8) is 0 Å². The number of carboxylic acids is 1. The summed E-state index contributed by atoms with van der Waals surface area (Å²) in [7, 11) is -4.25. The summed E-state index contributed by atoms with van der Waals surface area (Å²) in [5.41, 5.74) is 1.31. The predicted octanol–water partition coefficient (Wildman–Crippen LogP) is 4.49. The number of hydrogen-bond acceptors (Lipinski definition) is 4. The van der Waals surface area contributed by atoms with Gasteiger partial charge in [-0.25, -0.2) is 22.0 Å². The lowest BCUT2D eigenvalue weighted by molar-refractivity contribution is 0.0697. The van der Waals surface area contributed by atoms with Crippen molar-refractivity contribution in [2.75, 3.05) is 16.2 Å². The van der Waals surface area contributed by atoms with Crippen LogP contribution in [0.25, 0.3) is 0 Å². The molecular weight excluding hydrogens is 426 g/mol. The van der Waals surface area contributed by atoms with Crippen molar-refractivity contribution in [3.05, 3.63) is 89.5 Å². The number of nitrogens with one attached hydrogen (secondary N) is 1. The standard InChI is InChI=1S/C22H20F2N2O4S/c1-2-26(14-15-6-4-3-5-7-15)21-11-8-16(12-18(21)22(27)28)25-31(29,30)17-9-10-19(23)20(24)13-17/h3-13,25H,2,14H2,1H3,(H,27,28). The van der Waals surface area contributed by atoms with Gasteiger partial charge in [-0.2, -0.15) is 0 Å². The fourth-order valence-corrected chi connectivity index (χ4v) is 4.14. The average molecular weight is 446 g/mol. The van der Waals surface area contributed by atoms with E-state index < -0.39 is 32.5 Å². The van der Waals surface area contributed by atoms with E-state index in [0.29, 0.717) is 30.9 Å². The highest BCUT2D eigenvalue weighted by molar-refractivity contribution is 7.92. The Bertz CT molecular complexity index is 1200. The molecule has 0 fully saturated rings. The highest BCUT2D eigenvalue weighted by Gasteiger charge is 2.20. The van der Waals surface area contributed by atoms with Crippen LogP contribution >= 0.6 is 0 Å². The summed E-state index contributed by atoms with van der Waals surface area (Å²) in [5.74, 6) is -3.70. The summed E-state index contributed by atoms with van der Waals surface area (Å²) in [6, 6.07) is 15.8. The van der Waals surface area contributed by atoms with Crippen LogP contribution in [-0.4, -0.2) is 26.0 Å². The van der Waals surface area contributed by atoms with Crippen molar-refractivity contribution in [3.8, 4) is 0 Å². The quantitative estimate of drug-likeness (QED) is 0.532. The molecule has 0 saturated carbocycles. The van der Waals surface area contributed by atoms with Gasteiger partial charge in [-0.15, -0.1) is 0 Å². The summed E-state index contributed by atoms with van der Waals surface area (Å²) in [6.07, 6.45) is 0. The lowest BCUT2D eigenvalue weighted by Crippen LogP contribution is -2.24. The SMILES string of the molecule is CCN(Cc1ccccc1)c1ccc(NS(=O)(=O)c2ccc(F)c(F)c2)cc1C(=O)O. The minimum atomic E-state index is -4.25. The molecule has 3 aromatic carbocycles. The molecule has 0 amide bonds. The van der Waals surface area contributed by atoms with E-state index in [4.69, 9.17) is 0 Å². The Labute approximate surface area is 178 Å². The first-order valence-electron chi connectivity index (χ1n) is 9.35. The second-order valence-electron chi connectivity index (χ2n) is 6.72. The van der Waals surface area contributed by atoms with Gasteiger partial charge in [0.15, 0.2) is 11.6 Å². The van der Waals surface area contributed by atoms with Crippen LogP contribution in [0.2, 0.25) is 0 Å². The van der Waals surface area contributed by atoms with Crippen molar-refractivity contribution in [2.45, 2.75) is 18.4 Å². The van der Waals surface area contributed by atoms with Crippen LogP contribution in [0.5, 0.6) is 0 Å². The van der Waals surface area contributed by atoms with Crippen LogP contribution in [-0.2, 0) is 16.6 Å². The molecule has 0 radical (unpaired) electrons. The number of nitrogens with zero attached hydrogens (tertiary/aromatic N) is 1. The van der Waals surface area contributed by atoms with Crippen LogP contribution in [0.15, 0.2) is 71.6 Å². The van der Waals surface area contributed by atoms with E-state index in [-0.39, 0.29) is 11.3 Å². The first-order chi connectivity index (χ1) is 14.7. The van der Waals surface area contributed by atoms with Crippen LogP contribution in [0.1, 0.15) is 22.8 Å². The minimum Gasteiger partial charge on any atom is -0.478 e. The maximum absolute atomic E-state index is 13.4. The first kappa shape index (κ1) is 22.2. The number of carboxylic acid groups (broad SMARTS) is 1. The second-order valence-corrected chi connectivity index (χ2v) is 8.40. The Morgan fingerprint density at radius 1 is 1.00 bits per heavy atom. The van der Waals surface area contributed by atoms with E-state index in [0.717, 1.165) is 11.6 Å². The maximum atomic E-state index is 13.4. The van der Waals surface area contributed by atoms with Gasteiger partial charge in [-0.05, 0) is 48.9 Å². The van der Waals surface area contributed by atoms with Gasteiger partial charge in [0.1, 0.15) is 0 Å². The molecule has 0 aliphatic rings. The van der Waals surface area contributed by atoms with Gasteiger partial charge < -0.3 is 10.0 Å². The molecule has 0 heterocycles. The lowest BCUT2D eigenvalue weighted by Gasteiger charge is -2.25. The molecule has 0 bridgehead atoms. The van der Waals surface area contributed by atoms with Gasteiger partial charge in [0.05, 0.1) is 16.1 Å². The normalized spacial score (nSPS) is 11.2. The minimum absolute atomic E-state index is 0.0124. The van der Waals surface area contributed by atoms with Gasteiger partial charge in [0.25, 0.3) is 10.0 Å². The Balaban J connectivity index is 1.92. The van der Waals surface area contributed by atoms with Gasteiger partial charge in [0, 0.05) is 18.8 Å². The molecule has 0 aromatic heterocycles. The largest absolute Gasteiger partial charge is 0.478 e. The number of halogens is 2. The Hall–Kier alpha value is -3.46.